The quantitative estimate of drug-likeness (QED) is 0.175. The number of hydrogen-bond donors (Lipinski definition) is 1. The monoisotopic (exact) mass is 717 g/mol. The summed E-state index contributed by atoms with van der Waals surface area (Å²) >= 11 is 0. The zero-order chi connectivity index (χ0) is 27.8. The number of hydrogen-bond acceptors (Lipinski definition) is 3. The molecule has 0 saturated heterocycles. The Morgan fingerprint density at radius 2 is 1.29 bits per heavy atom. The maximum absolute atomic E-state index is 11.0. The summed E-state index contributed by atoms with van der Waals surface area (Å²) in [7, 11) is 0. The number of phenolic OH excluding ortho intramolecular Hbond substituents is 1. The first-order chi connectivity index (χ1) is 19.4. The molecule has 0 aliphatic carbocycles. The molecule has 2 aromatic heterocycles. The van der Waals surface area contributed by atoms with Crippen LogP contribution in [-0.4, -0.2) is 19.6 Å². The Labute approximate surface area is 256 Å². The van der Waals surface area contributed by atoms with Crippen LogP contribution in [0.25, 0.3) is 50.6 Å². The molecule has 1 N–H and O–H groups in total. The molecule has 0 aliphatic heterocycles. The van der Waals surface area contributed by atoms with Gasteiger partial charge in [0.05, 0.1) is 28.0 Å². The van der Waals surface area contributed by atoms with E-state index >= 15 is 0 Å². The summed E-state index contributed by atoms with van der Waals surface area (Å²) in [6, 6.07) is 37.5. The van der Waals surface area contributed by atoms with Crippen LogP contribution in [0, 0.1) is 6.07 Å². The third-order valence-electron chi connectivity index (χ3n) is 7.41. The van der Waals surface area contributed by atoms with Gasteiger partial charge in [-0.25, -0.2) is 4.98 Å². The van der Waals surface area contributed by atoms with Crippen molar-refractivity contribution in [1.82, 2.24) is 14.5 Å². The number of para-hydroxylation sites is 3. The Balaban J connectivity index is 0.00000337. The Hall–Kier alpha value is -4.01. The van der Waals surface area contributed by atoms with Crippen LogP contribution in [0.5, 0.6) is 5.75 Å². The van der Waals surface area contributed by atoms with Gasteiger partial charge in [0.1, 0.15) is 11.6 Å². The molecule has 0 atom stereocenters. The molecule has 0 unspecified atom stereocenters. The number of pyridine rings is 1. The molecule has 0 radical (unpaired) electrons. The van der Waals surface area contributed by atoms with Crippen molar-refractivity contribution >= 4 is 11.0 Å². The predicted molar refractivity (Wildman–Crippen MR) is 164 cm³/mol. The van der Waals surface area contributed by atoms with Crippen molar-refractivity contribution in [2.45, 2.75) is 39.5 Å². The second kappa shape index (κ2) is 11.8. The zero-order valence-corrected chi connectivity index (χ0v) is 25.8. The molecule has 0 amide bonds. The minimum atomic E-state index is 0. The van der Waals surface area contributed by atoms with Gasteiger partial charge < -0.3 is 5.11 Å². The molecule has 0 saturated carbocycles. The third-order valence-corrected chi connectivity index (χ3v) is 7.41. The van der Waals surface area contributed by atoms with Crippen LogP contribution < -0.4 is 0 Å². The van der Waals surface area contributed by atoms with Crippen molar-refractivity contribution in [1.29, 1.82) is 0 Å². The van der Waals surface area contributed by atoms with Gasteiger partial charge in [-0.15, -0.1) is 35.9 Å². The van der Waals surface area contributed by atoms with E-state index in [1.165, 1.54) is 11.1 Å². The predicted octanol–water partition coefficient (Wildman–Crippen LogP) is 9.17. The number of imidazole rings is 1. The summed E-state index contributed by atoms with van der Waals surface area (Å²) in [5, 5.41) is 11.0. The van der Waals surface area contributed by atoms with Crippen LogP contribution in [0.2, 0.25) is 0 Å². The van der Waals surface area contributed by atoms with E-state index in [9.17, 15) is 5.11 Å². The molecule has 5 heteroatoms. The molecule has 2 heterocycles. The van der Waals surface area contributed by atoms with Crippen molar-refractivity contribution in [3.05, 3.63) is 120 Å². The first kappa shape index (κ1) is 28.5. The number of phenols is 1. The van der Waals surface area contributed by atoms with E-state index in [2.05, 4.69) is 74.7 Å². The first-order valence-corrected chi connectivity index (χ1v) is 13.8. The SMILES string of the molecule is CC(C)c1cccc(C(C)C)c1-n1c(-c2ccccc2O)nc2c(-c3cccc(-c4[c-]cccc4)n3)cccc21.[Pt]. The fourth-order valence-electron chi connectivity index (χ4n) is 5.43. The first-order valence-electron chi connectivity index (χ1n) is 13.8. The zero-order valence-electron chi connectivity index (χ0n) is 23.6. The third kappa shape index (κ3) is 5.25. The fraction of sp³-hybridized carbons (Fsp3) is 0.167. The summed E-state index contributed by atoms with van der Waals surface area (Å²) in [5.41, 5.74) is 9.73. The smallest absolute Gasteiger partial charge is 0.149 e. The van der Waals surface area contributed by atoms with Crippen LogP contribution in [-0.2, 0) is 21.1 Å². The Bertz CT molecular complexity index is 1800. The molecule has 0 bridgehead atoms. The van der Waals surface area contributed by atoms with Gasteiger partial charge in [0.15, 0.2) is 0 Å². The van der Waals surface area contributed by atoms with Crippen LogP contribution in [0.1, 0.15) is 50.7 Å². The van der Waals surface area contributed by atoms with Gasteiger partial charge in [-0.05, 0) is 52.9 Å². The molecule has 6 aromatic rings. The van der Waals surface area contributed by atoms with Gasteiger partial charge in [-0.1, -0.05) is 82.3 Å². The molecule has 6 rings (SSSR count). The fourth-order valence-corrected chi connectivity index (χ4v) is 5.43. The van der Waals surface area contributed by atoms with Crippen LogP contribution in [0.4, 0.5) is 0 Å². The minimum absolute atomic E-state index is 0. The normalized spacial score (nSPS) is 11.3. The van der Waals surface area contributed by atoms with Crippen molar-refractivity contribution in [2.75, 3.05) is 0 Å². The van der Waals surface area contributed by atoms with Crippen molar-refractivity contribution < 1.29 is 26.2 Å². The van der Waals surface area contributed by atoms with E-state index in [1.54, 1.807) is 6.07 Å². The Morgan fingerprint density at radius 1 is 0.659 bits per heavy atom. The molecule has 208 valence electrons. The van der Waals surface area contributed by atoms with Crippen LogP contribution in [0.15, 0.2) is 103 Å². The average Bonchev–Trinajstić information content (AvgIpc) is 3.36. The van der Waals surface area contributed by atoms with E-state index in [0.29, 0.717) is 23.2 Å². The minimum Gasteiger partial charge on any atom is -0.507 e. The van der Waals surface area contributed by atoms with E-state index in [0.717, 1.165) is 39.2 Å². The van der Waals surface area contributed by atoms with Gasteiger partial charge >= 0.3 is 0 Å². The molecular formula is C36H32N3OPt-. The Morgan fingerprint density at radius 3 is 1.98 bits per heavy atom. The van der Waals surface area contributed by atoms with Gasteiger partial charge in [-0.2, -0.15) is 0 Å². The maximum atomic E-state index is 11.0. The van der Waals surface area contributed by atoms with Crippen LogP contribution >= 0.6 is 0 Å². The number of aromatic hydroxyl groups is 1. The number of nitrogens with zero attached hydrogens (tertiary/aromatic N) is 3. The topological polar surface area (TPSA) is 50.9 Å². The molecule has 41 heavy (non-hydrogen) atoms. The number of rotatable bonds is 6. The number of aromatic nitrogens is 3. The summed E-state index contributed by atoms with van der Waals surface area (Å²) in [4.78, 5) is 10.3. The standard InChI is InChI=1S/C36H32N3O.Pt/c1-23(2)26-16-10-17-27(24(3)4)35(26)39-32-21-11-18-28(34(32)38-36(39)29-15-8-9-22-33(29)40)31-20-12-19-30(37-31)25-13-6-5-7-14-25;/h5-13,15-24,40H,1-4H3;/q-1;. The van der Waals surface area contributed by atoms with E-state index < -0.39 is 0 Å². The second-order valence-electron chi connectivity index (χ2n) is 10.7. The largest absolute Gasteiger partial charge is 0.507 e. The number of fused-ring (bicyclic) bond motifs is 1. The van der Waals surface area contributed by atoms with Crippen LogP contribution in [0.3, 0.4) is 0 Å². The van der Waals surface area contributed by atoms with Gasteiger partial charge in [0.2, 0.25) is 0 Å². The second-order valence-corrected chi connectivity index (χ2v) is 10.7. The van der Waals surface area contributed by atoms with E-state index in [4.69, 9.17) is 9.97 Å². The molecule has 0 aliphatic rings. The molecule has 0 spiro atoms. The van der Waals surface area contributed by atoms with Crippen molar-refractivity contribution in [3.8, 4) is 45.3 Å². The van der Waals surface area contributed by atoms with Gasteiger partial charge in [0, 0.05) is 26.6 Å². The van der Waals surface area contributed by atoms with E-state index in [-0.39, 0.29) is 26.8 Å². The maximum Gasteiger partial charge on any atom is 0.149 e. The van der Waals surface area contributed by atoms with Gasteiger partial charge in [-0.3, -0.25) is 9.55 Å². The molecule has 0 fully saturated rings. The molecular weight excluding hydrogens is 685 g/mol. The molecule has 4 aromatic carbocycles. The Kier molecular flexibility index (Phi) is 8.24. The summed E-state index contributed by atoms with van der Waals surface area (Å²) in [5.74, 6) is 1.51. The van der Waals surface area contributed by atoms with E-state index in [1.807, 2.05) is 60.7 Å². The average molecular weight is 718 g/mol. The molecule has 4 nitrogen and oxygen atoms in total. The summed E-state index contributed by atoms with van der Waals surface area (Å²) < 4.78 is 2.24. The summed E-state index contributed by atoms with van der Waals surface area (Å²) in [6.45, 7) is 8.90. The van der Waals surface area contributed by atoms with Gasteiger partial charge in [0.25, 0.3) is 0 Å². The number of benzene rings is 4. The van der Waals surface area contributed by atoms with Crippen molar-refractivity contribution in [2.24, 2.45) is 0 Å². The summed E-state index contributed by atoms with van der Waals surface area (Å²) in [6.07, 6.45) is 0. The van der Waals surface area contributed by atoms with Crippen molar-refractivity contribution in [3.63, 3.8) is 0 Å².